The van der Waals surface area contributed by atoms with Crippen LogP contribution in [0.3, 0.4) is 0 Å². The third-order valence-electron chi connectivity index (χ3n) is 2.38. The number of benzene rings is 1. The summed E-state index contributed by atoms with van der Waals surface area (Å²) in [4.78, 5) is 8.66. The number of nitrogens with zero attached hydrogens (tertiary/aromatic N) is 3. The van der Waals surface area contributed by atoms with Crippen LogP contribution in [0.2, 0.25) is 0 Å². The van der Waals surface area contributed by atoms with Crippen molar-refractivity contribution in [2.24, 2.45) is 0 Å². The largest absolute Gasteiger partial charge is 0.290 e. The van der Waals surface area contributed by atoms with Gasteiger partial charge in [0.15, 0.2) is 0 Å². The molecular weight excluding hydrogens is 198 g/mol. The first-order chi connectivity index (χ1) is 7.84. The highest BCUT2D eigenvalue weighted by Gasteiger charge is 2.01. The average Bonchev–Trinajstić information content (AvgIpc) is 2.80. The number of rotatable bonds is 0. The van der Waals surface area contributed by atoms with Crippen LogP contribution in [-0.4, -0.2) is 14.4 Å². The number of fused-ring (bicyclic) bond motifs is 3. The molecule has 2 aromatic heterocycles. The van der Waals surface area contributed by atoms with E-state index in [0.29, 0.717) is 0 Å². The zero-order valence-corrected chi connectivity index (χ0v) is 9.81. The van der Waals surface area contributed by atoms with Crippen molar-refractivity contribution >= 4 is 16.6 Å². The maximum atomic E-state index is 4.35. The van der Waals surface area contributed by atoms with Crippen LogP contribution in [0.4, 0.5) is 0 Å². The van der Waals surface area contributed by atoms with Crippen molar-refractivity contribution in [2.45, 2.75) is 20.8 Å². The van der Waals surface area contributed by atoms with Gasteiger partial charge in [0, 0.05) is 17.8 Å². The molecule has 0 radical (unpaired) electrons. The molecule has 3 rings (SSSR count). The van der Waals surface area contributed by atoms with Crippen LogP contribution in [0.25, 0.3) is 16.6 Å². The van der Waals surface area contributed by atoms with E-state index >= 15 is 0 Å². The van der Waals surface area contributed by atoms with Gasteiger partial charge in [0.1, 0.15) is 12.0 Å². The van der Waals surface area contributed by atoms with Crippen LogP contribution in [0, 0.1) is 6.92 Å². The van der Waals surface area contributed by atoms with Crippen LogP contribution < -0.4 is 0 Å². The molecule has 0 atom stereocenters. The lowest BCUT2D eigenvalue weighted by Crippen LogP contribution is -1.88. The highest BCUT2D eigenvalue weighted by atomic mass is 15.0. The molecule has 3 nitrogen and oxygen atoms in total. The van der Waals surface area contributed by atoms with Gasteiger partial charge in [0.2, 0.25) is 0 Å². The second-order valence-electron chi connectivity index (χ2n) is 3.42. The summed E-state index contributed by atoms with van der Waals surface area (Å²) in [7, 11) is 0. The predicted octanol–water partition coefficient (Wildman–Crippen LogP) is 3.22. The Bertz CT molecular complexity index is 611. The zero-order chi connectivity index (χ0) is 11.5. The molecule has 0 aliphatic carbocycles. The van der Waals surface area contributed by atoms with Crippen LogP contribution in [0.15, 0.2) is 36.9 Å². The molecule has 3 aromatic rings. The Hall–Kier alpha value is -1.90. The normalized spacial score (nSPS) is 10.2. The second kappa shape index (κ2) is 4.31. The number of imidazole rings is 1. The number of aromatic nitrogens is 3. The Labute approximate surface area is 94.8 Å². The van der Waals surface area contributed by atoms with Crippen molar-refractivity contribution in [2.75, 3.05) is 0 Å². The number of aryl methyl sites for hydroxylation is 1. The van der Waals surface area contributed by atoms with E-state index in [1.165, 1.54) is 5.56 Å². The summed E-state index contributed by atoms with van der Waals surface area (Å²) < 4.78 is 1.93. The van der Waals surface area contributed by atoms with Crippen molar-refractivity contribution in [3.05, 3.63) is 42.5 Å². The minimum atomic E-state index is 0.971. The van der Waals surface area contributed by atoms with Crippen LogP contribution >= 0.6 is 0 Å². The molecule has 0 aliphatic rings. The molecule has 1 aromatic carbocycles. The highest BCUT2D eigenvalue weighted by Crippen LogP contribution is 2.17. The molecular formula is C13H15N3. The van der Waals surface area contributed by atoms with Gasteiger partial charge in [-0.2, -0.15) is 0 Å². The minimum Gasteiger partial charge on any atom is -0.290 e. The summed E-state index contributed by atoms with van der Waals surface area (Å²) in [6, 6.07) is 6.21. The van der Waals surface area contributed by atoms with E-state index in [4.69, 9.17) is 0 Å². The lowest BCUT2D eigenvalue weighted by Gasteiger charge is -2.00. The summed E-state index contributed by atoms with van der Waals surface area (Å²) in [6.07, 6.45) is 5.49. The first kappa shape index (κ1) is 10.6. The maximum absolute atomic E-state index is 4.35. The lowest BCUT2D eigenvalue weighted by atomic mass is 10.2. The molecule has 2 heterocycles. The summed E-state index contributed by atoms with van der Waals surface area (Å²) in [5, 5.41) is 1.11. The Balaban J connectivity index is 0.000000457. The Kier molecular flexibility index (Phi) is 2.86. The zero-order valence-electron chi connectivity index (χ0n) is 9.81. The van der Waals surface area contributed by atoms with Gasteiger partial charge in [0.25, 0.3) is 0 Å². The van der Waals surface area contributed by atoms with Gasteiger partial charge in [-0.05, 0) is 19.1 Å². The summed E-state index contributed by atoms with van der Waals surface area (Å²) in [5.74, 6) is 0. The second-order valence-corrected chi connectivity index (χ2v) is 3.42. The van der Waals surface area contributed by atoms with Gasteiger partial charge in [-0.25, -0.2) is 9.97 Å². The van der Waals surface area contributed by atoms with E-state index in [9.17, 15) is 0 Å². The molecule has 0 saturated heterocycles. The number of hydrogen-bond donors (Lipinski definition) is 0. The Morgan fingerprint density at radius 2 is 1.94 bits per heavy atom. The van der Waals surface area contributed by atoms with Crippen molar-refractivity contribution in [3.63, 3.8) is 0 Å². The standard InChI is InChI=1S/C11H9N3.C2H6/c1-8-2-3-10-9(6-8)11-12-4-5-14(11)7-13-10;1-2/h2-7H,1H3;1-2H3. The Morgan fingerprint density at radius 3 is 2.75 bits per heavy atom. The highest BCUT2D eigenvalue weighted by molar-refractivity contribution is 5.91. The van der Waals surface area contributed by atoms with Crippen molar-refractivity contribution < 1.29 is 0 Å². The van der Waals surface area contributed by atoms with Gasteiger partial charge in [-0.1, -0.05) is 25.5 Å². The van der Waals surface area contributed by atoms with Gasteiger partial charge in [-0.3, -0.25) is 4.40 Å². The topological polar surface area (TPSA) is 30.2 Å². The molecule has 0 bridgehead atoms. The molecule has 0 saturated carbocycles. The summed E-state index contributed by atoms with van der Waals surface area (Å²) >= 11 is 0. The minimum absolute atomic E-state index is 0.971. The molecule has 0 spiro atoms. The molecule has 0 unspecified atom stereocenters. The fourth-order valence-electron chi connectivity index (χ4n) is 1.68. The van der Waals surface area contributed by atoms with E-state index in [-0.39, 0.29) is 0 Å². The first-order valence-electron chi connectivity index (χ1n) is 5.52. The van der Waals surface area contributed by atoms with Crippen molar-refractivity contribution in [1.82, 2.24) is 14.4 Å². The molecule has 0 amide bonds. The smallest absolute Gasteiger partial charge is 0.147 e. The van der Waals surface area contributed by atoms with Gasteiger partial charge >= 0.3 is 0 Å². The quantitative estimate of drug-likeness (QED) is 0.574. The van der Waals surface area contributed by atoms with E-state index in [1.807, 2.05) is 30.5 Å². The summed E-state index contributed by atoms with van der Waals surface area (Å²) in [6.45, 7) is 6.08. The van der Waals surface area contributed by atoms with Gasteiger partial charge < -0.3 is 0 Å². The van der Waals surface area contributed by atoms with Crippen LogP contribution in [0.5, 0.6) is 0 Å². The van der Waals surface area contributed by atoms with E-state index < -0.39 is 0 Å². The molecule has 0 N–H and O–H groups in total. The van der Waals surface area contributed by atoms with E-state index in [1.54, 1.807) is 12.5 Å². The predicted molar refractivity (Wildman–Crippen MR) is 66.6 cm³/mol. The first-order valence-corrected chi connectivity index (χ1v) is 5.52. The molecule has 0 aliphatic heterocycles. The number of hydrogen-bond acceptors (Lipinski definition) is 2. The molecule has 82 valence electrons. The van der Waals surface area contributed by atoms with E-state index in [2.05, 4.69) is 29.0 Å². The molecule has 16 heavy (non-hydrogen) atoms. The maximum Gasteiger partial charge on any atom is 0.147 e. The fourth-order valence-corrected chi connectivity index (χ4v) is 1.68. The molecule has 3 heteroatoms. The van der Waals surface area contributed by atoms with Crippen LogP contribution in [0.1, 0.15) is 19.4 Å². The SMILES string of the molecule is CC.Cc1ccc2ncn3ccnc3c2c1. The van der Waals surface area contributed by atoms with Crippen molar-refractivity contribution in [3.8, 4) is 0 Å². The third-order valence-corrected chi connectivity index (χ3v) is 2.38. The van der Waals surface area contributed by atoms with Crippen LogP contribution in [-0.2, 0) is 0 Å². The third kappa shape index (κ3) is 1.65. The lowest BCUT2D eigenvalue weighted by molar-refractivity contribution is 1.12. The average molecular weight is 213 g/mol. The van der Waals surface area contributed by atoms with Gasteiger partial charge in [-0.15, -0.1) is 0 Å². The van der Waals surface area contributed by atoms with Gasteiger partial charge in [0.05, 0.1) is 5.52 Å². The van der Waals surface area contributed by atoms with Crippen molar-refractivity contribution in [1.29, 1.82) is 0 Å². The molecule has 0 fully saturated rings. The Morgan fingerprint density at radius 1 is 1.12 bits per heavy atom. The fraction of sp³-hybridized carbons (Fsp3) is 0.231. The summed E-state index contributed by atoms with van der Waals surface area (Å²) in [5.41, 5.74) is 3.20. The van der Waals surface area contributed by atoms with E-state index in [0.717, 1.165) is 16.6 Å². The monoisotopic (exact) mass is 213 g/mol.